The Morgan fingerprint density at radius 2 is 1.63 bits per heavy atom. The number of ether oxygens (including phenoxy) is 3. The van der Waals surface area contributed by atoms with Crippen LogP contribution in [0.25, 0.3) is 0 Å². The fourth-order valence-corrected chi connectivity index (χ4v) is 11.3. The molecule has 5 aliphatic carbocycles. The first kappa shape index (κ1) is 32.1. The lowest BCUT2D eigenvalue weighted by Crippen LogP contribution is -2.67. The number of fused-ring (bicyclic) bond motifs is 5. The standard InChI is InChI=1S/C34H58N2O7/c1-18-14-22(16-27(38)30(18)43-28-17-26(37)29(39)19(2)41-28)42-21-8-11-32(3)20(15-21)6-7-24-23(32)9-12-33(4)25(31(40)36-5)10-13-34(24,33)35/h18-30,37-39H,6-17,35H2,1-5H3,(H,36,40)/t18-,19+,20+,21-,22?,23-,24+,25+,26-,27-,28-,29+,30?,32-,33+,34-/m0/s1. The molecule has 1 amide bonds. The second-order valence-corrected chi connectivity index (χ2v) is 16.0. The molecule has 9 nitrogen and oxygen atoms in total. The van der Waals surface area contributed by atoms with Crippen LogP contribution in [0.5, 0.6) is 0 Å². The first-order valence-electron chi connectivity index (χ1n) is 17.3. The van der Waals surface area contributed by atoms with Crippen LogP contribution < -0.4 is 11.1 Å². The van der Waals surface area contributed by atoms with Crippen LogP contribution >= 0.6 is 0 Å². The Balaban J connectivity index is 1.05. The molecule has 16 atom stereocenters. The lowest BCUT2D eigenvalue weighted by Gasteiger charge is -2.64. The van der Waals surface area contributed by atoms with E-state index in [0.717, 1.165) is 51.4 Å². The van der Waals surface area contributed by atoms with Crippen molar-refractivity contribution in [3.05, 3.63) is 0 Å². The predicted octanol–water partition coefficient (Wildman–Crippen LogP) is 3.26. The lowest BCUT2D eigenvalue weighted by atomic mass is 9.42. The average Bonchev–Trinajstić information content (AvgIpc) is 3.24. The van der Waals surface area contributed by atoms with E-state index in [0.29, 0.717) is 24.2 Å². The zero-order valence-corrected chi connectivity index (χ0v) is 27.0. The first-order chi connectivity index (χ1) is 20.3. The summed E-state index contributed by atoms with van der Waals surface area (Å²) < 4.78 is 18.7. The summed E-state index contributed by atoms with van der Waals surface area (Å²) in [5.41, 5.74) is 7.28. The first-order valence-corrected chi connectivity index (χ1v) is 17.3. The fraction of sp³-hybridized carbons (Fsp3) is 0.971. The fourth-order valence-electron chi connectivity index (χ4n) is 11.3. The number of aliphatic hydroxyl groups excluding tert-OH is 3. The zero-order valence-electron chi connectivity index (χ0n) is 27.0. The van der Waals surface area contributed by atoms with Crippen molar-refractivity contribution in [1.29, 1.82) is 0 Å². The third-order valence-corrected chi connectivity index (χ3v) is 14.0. The van der Waals surface area contributed by atoms with Crippen LogP contribution in [-0.2, 0) is 19.0 Å². The van der Waals surface area contributed by atoms with Crippen molar-refractivity contribution in [2.24, 2.45) is 46.2 Å². The summed E-state index contributed by atoms with van der Waals surface area (Å²) in [5, 5.41) is 34.2. The van der Waals surface area contributed by atoms with E-state index in [1.807, 2.05) is 0 Å². The van der Waals surface area contributed by atoms with Crippen LogP contribution in [0.15, 0.2) is 0 Å². The van der Waals surface area contributed by atoms with Crippen molar-refractivity contribution in [1.82, 2.24) is 5.32 Å². The maximum atomic E-state index is 12.8. The SMILES string of the molecule is CNC(=O)[C@H]1CC[C@]2(N)[C@@H]3CC[C@@H]4C[C@@H](OC5C[C@H](C)C(O[C@H]6C[C@H](O)[C@H](O)[C@@H](C)O6)[C@@H](O)C5)CC[C@]4(C)[C@H]3CC[C@]12C. The Bertz CT molecular complexity index is 1010. The highest BCUT2D eigenvalue weighted by Gasteiger charge is 2.67. The van der Waals surface area contributed by atoms with E-state index in [1.165, 1.54) is 12.8 Å². The second-order valence-electron chi connectivity index (χ2n) is 16.0. The van der Waals surface area contributed by atoms with E-state index in [1.54, 1.807) is 14.0 Å². The van der Waals surface area contributed by atoms with Gasteiger partial charge in [-0.3, -0.25) is 4.79 Å². The average molecular weight is 607 g/mol. The molecule has 6 fully saturated rings. The molecule has 1 saturated heterocycles. The number of nitrogens with two attached hydrogens (primary N) is 1. The Morgan fingerprint density at radius 1 is 0.860 bits per heavy atom. The van der Waals surface area contributed by atoms with E-state index in [4.69, 9.17) is 19.9 Å². The smallest absolute Gasteiger partial charge is 0.223 e. The van der Waals surface area contributed by atoms with Gasteiger partial charge in [0.2, 0.25) is 5.91 Å². The number of hydrogen-bond donors (Lipinski definition) is 5. The van der Waals surface area contributed by atoms with Crippen LogP contribution in [0.2, 0.25) is 0 Å². The molecule has 0 radical (unpaired) electrons. The molecule has 9 heteroatoms. The topological polar surface area (TPSA) is 144 Å². The summed E-state index contributed by atoms with van der Waals surface area (Å²) in [4.78, 5) is 12.8. The van der Waals surface area contributed by atoms with Gasteiger partial charge in [0.1, 0.15) is 6.10 Å². The minimum absolute atomic E-state index is 0.00279. The van der Waals surface area contributed by atoms with Crippen LogP contribution in [0.4, 0.5) is 0 Å². The molecule has 0 spiro atoms. The quantitative estimate of drug-likeness (QED) is 0.321. The monoisotopic (exact) mass is 606 g/mol. The van der Waals surface area contributed by atoms with Gasteiger partial charge in [-0.2, -0.15) is 0 Å². The van der Waals surface area contributed by atoms with Gasteiger partial charge in [0, 0.05) is 31.3 Å². The largest absolute Gasteiger partial charge is 0.390 e. The molecule has 6 aliphatic rings. The van der Waals surface area contributed by atoms with Gasteiger partial charge in [-0.1, -0.05) is 20.8 Å². The molecule has 246 valence electrons. The minimum Gasteiger partial charge on any atom is -0.390 e. The van der Waals surface area contributed by atoms with Gasteiger partial charge in [0.25, 0.3) is 0 Å². The van der Waals surface area contributed by atoms with Gasteiger partial charge in [-0.15, -0.1) is 0 Å². The number of hydrogen-bond acceptors (Lipinski definition) is 8. The molecule has 1 aliphatic heterocycles. The Kier molecular flexibility index (Phi) is 8.80. The van der Waals surface area contributed by atoms with Crippen LogP contribution in [0.3, 0.4) is 0 Å². The summed E-state index contributed by atoms with van der Waals surface area (Å²) in [5.74, 6) is 1.98. The van der Waals surface area contributed by atoms with Gasteiger partial charge in [0.05, 0.1) is 36.6 Å². The molecule has 0 bridgehead atoms. The molecule has 0 aromatic carbocycles. The summed E-state index contributed by atoms with van der Waals surface area (Å²) in [7, 11) is 1.76. The summed E-state index contributed by atoms with van der Waals surface area (Å²) in [6.07, 6.45) is 7.41. The highest BCUT2D eigenvalue weighted by atomic mass is 16.7. The Labute approximate surface area is 258 Å². The molecule has 43 heavy (non-hydrogen) atoms. The van der Waals surface area contributed by atoms with Gasteiger partial charge >= 0.3 is 0 Å². The van der Waals surface area contributed by atoms with E-state index < -0.39 is 30.7 Å². The maximum Gasteiger partial charge on any atom is 0.223 e. The Hall–Kier alpha value is -0.810. The van der Waals surface area contributed by atoms with Crippen LogP contribution in [0, 0.1) is 40.4 Å². The predicted molar refractivity (Wildman–Crippen MR) is 162 cm³/mol. The second kappa shape index (κ2) is 11.8. The van der Waals surface area contributed by atoms with Crippen molar-refractivity contribution in [2.45, 2.75) is 159 Å². The molecule has 0 aromatic rings. The minimum atomic E-state index is -0.919. The maximum absolute atomic E-state index is 12.8. The van der Waals surface area contributed by atoms with Crippen molar-refractivity contribution >= 4 is 5.91 Å². The van der Waals surface area contributed by atoms with Gasteiger partial charge in [0.15, 0.2) is 6.29 Å². The van der Waals surface area contributed by atoms with E-state index in [-0.39, 0.29) is 58.8 Å². The molecule has 6 rings (SSSR count). The van der Waals surface area contributed by atoms with E-state index >= 15 is 0 Å². The van der Waals surface area contributed by atoms with Crippen molar-refractivity contribution in [2.75, 3.05) is 7.05 Å². The Morgan fingerprint density at radius 3 is 2.33 bits per heavy atom. The van der Waals surface area contributed by atoms with Crippen molar-refractivity contribution in [3.63, 3.8) is 0 Å². The van der Waals surface area contributed by atoms with Crippen molar-refractivity contribution < 1.29 is 34.3 Å². The normalized spacial score (nSPS) is 55.1. The van der Waals surface area contributed by atoms with E-state index in [9.17, 15) is 20.1 Å². The van der Waals surface area contributed by atoms with Gasteiger partial charge in [-0.25, -0.2) is 0 Å². The molecule has 1 heterocycles. The number of carbonyl (C=O) groups is 1. The molecular formula is C34H58N2O7. The third kappa shape index (κ3) is 5.31. The zero-order chi connectivity index (χ0) is 30.9. The third-order valence-electron chi connectivity index (χ3n) is 14.0. The molecule has 0 aromatic heterocycles. The van der Waals surface area contributed by atoms with Crippen LogP contribution in [-0.4, -0.2) is 82.8 Å². The number of aliphatic hydroxyl groups is 3. The lowest BCUT2D eigenvalue weighted by molar-refractivity contribution is -0.281. The van der Waals surface area contributed by atoms with Crippen LogP contribution in [0.1, 0.15) is 105 Å². The van der Waals surface area contributed by atoms with Gasteiger partial charge in [-0.05, 0) is 106 Å². The molecule has 5 saturated carbocycles. The number of carbonyl (C=O) groups excluding carboxylic acids is 1. The highest BCUT2D eigenvalue weighted by molar-refractivity contribution is 5.80. The summed E-state index contributed by atoms with van der Waals surface area (Å²) >= 11 is 0. The molecule has 6 N–H and O–H groups in total. The van der Waals surface area contributed by atoms with E-state index in [2.05, 4.69) is 26.1 Å². The summed E-state index contributed by atoms with van der Waals surface area (Å²) in [6.45, 7) is 8.66. The van der Waals surface area contributed by atoms with Crippen molar-refractivity contribution in [3.8, 4) is 0 Å². The summed E-state index contributed by atoms with van der Waals surface area (Å²) in [6, 6.07) is 0. The van der Waals surface area contributed by atoms with Gasteiger partial charge < -0.3 is 40.6 Å². The molecular weight excluding hydrogens is 548 g/mol. The number of amides is 1. The number of rotatable bonds is 5. The molecule has 2 unspecified atom stereocenters. The highest BCUT2D eigenvalue weighted by Crippen LogP contribution is 2.68. The number of nitrogens with one attached hydrogen (secondary N) is 1.